The third-order valence-corrected chi connectivity index (χ3v) is 4.41. The molecule has 0 bridgehead atoms. The number of nitrogens with one attached hydrogen (secondary N) is 2. The van der Waals surface area contributed by atoms with Crippen LogP contribution in [0.25, 0.3) is 0 Å². The van der Waals surface area contributed by atoms with Crippen molar-refractivity contribution in [3.8, 4) is 0 Å². The molecule has 8 heteroatoms. The molecule has 0 aliphatic heterocycles. The summed E-state index contributed by atoms with van der Waals surface area (Å²) in [7, 11) is -2.03. The van der Waals surface area contributed by atoms with Gasteiger partial charge in [-0.15, -0.1) is 0 Å². The van der Waals surface area contributed by atoms with Gasteiger partial charge in [0.15, 0.2) is 0 Å². The molecule has 2 N–H and O–H groups in total. The molecule has 112 valence electrons. The molecule has 0 spiro atoms. The van der Waals surface area contributed by atoms with Crippen LogP contribution in [0.4, 0.5) is 5.82 Å². The maximum absolute atomic E-state index is 12.2. The minimum absolute atomic E-state index is 0.0131. The number of aryl methyl sites for hydroxylation is 1. The summed E-state index contributed by atoms with van der Waals surface area (Å²) in [4.78, 5) is 8.20. The molecule has 2 rings (SSSR count). The van der Waals surface area contributed by atoms with Gasteiger partial charge in [-0.25, -0.2) is 18.1 Å². The van der Waals surface area contributed by atoms with E-state index in [1.807, 2.05) is 19.1 Å². The monoisotopic (exact) mass is 326 g/mol. The molecule has 0 saturated carbocycles. The summed E-state index contributed by atoms with van der Waals surface area (Å²) < 4.78 is 26.8. The maximum atomic E-state index is 12.2. The third kappa shape index (κ3) is 3.90. The number of pyridine rings is 2. The maximum Gasteiger partial charge on any atom is 0.242 e. The summed E-state index contributed by atoms with van der Waals surface area (Å²) in [5, 5.41) is 3.01. The van der Waals surface area contributed by atoms with Crippen molar-refractivity contribution in [3.05, 3.63) is 46.9 Å². The molecule has 0 fully saturated rings. The van der Waals surface area contributed by atoms with Crippen molar-refractivity contribution >= 4 is 27.4 Å². The van der Waals surface area contributed by atoms with E-state index in [9.17, 15) is 8.42 Å². The average Bonchev–Trinajstić information content (AvgIpc) is 2.45. The number of hydrogen-bond donors (Lipinski definition) is 2. The predicted octanol–water partition coefficient (Wildman–Crippen LogP) is 1.96. The Morgan fingerprint density at radius 1 is 1.33 bits per heavy atom. The Labute approximate surface area is 128 Å². The molecule has 6 nitrogen and oxygen atoms in total. The van der Waals surface area contributed by atoms with Gasteiger partial charge in [-0.05, 0) is 25.1 Å². The molecular weight excluding hydrogens is 312 g/mol. The molecule has 21 heavy (non-hydrogen) atoms. The Morgan fingerprint density at radius 2 is 2.10 bits per heavy atom. The molecule has 0 aliphatic rings. The van der Waals surface area contributed by atoms with Gasteiger partial charge >= 0.3 is 0 Å². The molecular formula is C13H15ClN4O2S. The van der Waals surface area contributed by atoms with Crippen LogP contribution in [-0.2, 0) is 16.6 Å². The fourth-order valence-electron chi connectivity index (χ4n) is 1.70. The van der Waals surface area contributed by atoms with E-state index in [-0.39, 0.29) is 16.5 Å². The van der Waals surface area contributed by atoms with Gasteiger partial charge in [0.1, 0.15) is 10.7 Å². The van der Waals surface area contributed by atoms with E-state index in [0.29, 0.717) is 11.5 Å². The molecule has 0 aromatic carbocycles. The Morgan fingerprint density at radius 3 is 2.71 bits per heavy atom. The lowest BCUT2D eigenvalue weighted by Crippen LogP contribution is -2.24. The number of hydrogen-bond acceptors (Lipinski definition) is 5. The normalized spacial score (nSPS) is 11.4. The van der Waals surface area contributed by atoms with Gasteiger partial charge in [0.2, 0.25) is 10.0 Å². The van der Waals surface area contributed by atoms with Crippen molar-refractivity contribution in [2.75, 3.05) is 12.4 Å². The van der Waals surface area contributed by atoms with Gasteiger partial charge in [-0.1, -0.05) is 17.7 Å². The summed E-state index contributed by atoms with van der Waals surface area (Å²) in [6.45, 7) is 1.95. The minimum atomic E-state index is -3.68. The molecule has 0 amide bonds. The summed E-state index contributed by atoms with van der Waals surface area (Å²) in [6, 6.07) is 6.78. The molecule has 0 radical (unpaired) electrons. The van der Waals surface area contributed by atoms with Crippen molar-refractivity contribution in [1.29, 1.82) is 0 Å². The largest absolute Gasteiger partial charge is 0.372 e. The first-order chi connectivity index (χ1) is 9.92. The summed E-state index contributed by atoms with van der Waals surface area (Å²) in [5.41, 5.74) is 1.47. The molecule has 0 aliphatic carbocycles. The zero-order valence-corrected chi connectivity index (χ0v) is 13.2. The lowest BCUT2D eigenvalue weighted by Gasteiger charge is -2.08. The number of halogens is 1. The first kappa shape index (κ1) is 15.7. The molecule has 2 heterocycles. The topological polar surface area (TPSA) is 84.0 Å². The van der Waals surface area contributed by atoms with E-state index in [1.54, 1.807) is 13.1 Å². The first-order valence-electron chi connectivity index (χ1n) is 6.18. The van der Waals surface area contributed by atoms with E-state index in [0.717, 1.165) is 5.69 Å². The van der Waals surface area contributed by atoms with Crippen LogP contribution in [0.1, 0.15) is 11.4 Å². The van der Waals surface area contributed by atoms with Crippen LogP contribution in [0.15, 0.2) is 35.4 Å². The Hall–Kier alpha value is -1.70. The molecule has 0 unspecified atom stereocenters. The summed E-state index contributed by atoms with van der Waals surface area (Å²) in [6.07, 6.45) is 1.25. The molecule has 2 aromatic rings. The van der Waals surface area contributed by atoms with E-state index < -0.39 is 10.0 Å². The van der Waals surface area contributed by atoms with Gasteiger partial charge in [-0.3, -0.25) is 4.98 Å². The zero-order valence-electron chi connectivity index (χ0n) is 11.6. The van der Waals surface area contributed by atoms with Gasteiger partial charge in [0, 0.05) is 18.9 Å². The highest BCUT2D eigenvalue weighted by molar-refractivity contribution is 7.89. The van der Waals surface area contributed by atoms with Crippen LogP contribution in [-0.4, -0.2) is 25.4 Å². The predicted molar refractivity (Wildman–Crippen MR) is 81.8 cm³/mol. The van der Waals surface area contributed by atoms with Crippen LogP contribution >= 0.6 is 11.6 Å². The van der Waals surface area contributed by atoms with E-state index in [4.69, 9.17) is 11.6 Å². The minimum Gasteiger partial charge on any atom is -0.372 e. The second-order valence-electron chi connectivity index (χ2n) is 4.35. The molecule has 0 atom stereocenters. The second kappa shape index (κ2) is 6.38. The van der Waals surface area contributed by atoms with Crippen LogP contribution in [0, 0.1) is 6.92 Å². The van der Waals surface area contributed by atoms with Crippen molar-refractivity contribution in [3.63, 3.8) is 0 Å². The Bertz CT molecular complexity index is 750. The highest BCUT2D eigenvalue weighted by atomic mass is 35.5. The van der Waals surface area contributed by atoms with Crippen LogP contribution in [0.3, 0.4) is 0 Å². The fraction of sp³-hybridized carbons (Fsp3) is 0.231. The number of aromatic nitrogens is 2. The highest BCUT2D eigenvalue weighted by Gasteiger charge is 2.16. The van der Waals surface area contributed by atoms with E-state index in [1.165, 1.54) is 12.3 Å². The third-order valence-electron chi connectivity index (χ3n) is 2.75. The highest BCUT2D eigenvalue weighted by Crippen LogP contribution is 2.21. The first-order valence-corrected chi connectivity index (χ1v) is 8.04. The van der Waals surface area contributed by atoms with Crippen molar-refractivity contribution < 1.29 is 8.42 Å². The smallest absolute Gasteiger partial charge is 0.242 e. The van der Waals surface area contributed by atoms with Gasteiger partial charge in [0.25, 0.3) is 0 Å². The number of rotatable bonds is 5. The average molecular weight is 327 g/mol. The zero-order chi connectivity index (χ0) is 15.5. The Balaban J connectivity index is 2.17. The van der Waals surface area contributed by atoms with Crippen molar-refractivity contribution in [2.24, 2.45) is 0 Å². The van der Waals surface area contributed by atoms with Gasteiger partial charge in [-0.2, -0.15) is 0 Å². The lowest BCUT2D eigenvalue weighted by molar-refractivity contribution is 0.580. The van der Waals surface area contributed by atoms with Gasteiger partial charge in [0.05, 0.1) is 17.3 Å². The quantitative estimate of drug-likeness (QED) is 0.877. The SMILES string of the molecule is CNc1ncc(S(=O)(=O)NCc2cccc(C)n2)cc1Cl. The van der Waals surface area contributed by atoms with E-state index >= 15 is 0 Å². The fourth-order valence-corrected chi connectivity index (χ4v) is 3.00. The lowest BCUT2D eigenvalue weighted by atomic mass is 10.3. The standard InChI is InChI=1S/C13H15ClN4O2S/c1-9-4-3-5-10(18-9)7-17-21(19,20)11-6-12(14)13(15-2)16-8-11/h3-6,8,17H,7H2,1-2H3,(H,15,16). The van der Waals surface area contributed by atoms with Crippen molar-refractivity contribution in [2.45, 2.75) is 18.4 Å². The Kier molecular flexibility index (Phi) is 4.76. The number of nitrogens with zero attached hydrogens (tertiary/aromatic N) is 2. The van der Waals surface area contributed by atoms with Crippen LogP contribution in [0.5, 0.6) is 0 Å². The summed E-state index contributed by atoms with van der Waals surface area (Å²) >= 11 is 5.94. The molecule has 2 aromatic heterocycles. The van der Waals surface area contributed by atoms with Crippen molar-refractivity contribution in [1.82, 2.24) is 14.7 Å². The van der Waals surface area contributed by atoms with Gasteiger partial charge < -0.3 is 5.32 Å². The van der Waals surface area contributed by atoms with Crippen LogP contribution < -0.4 is 10.0 Å². The number of sulfonamides is 1. The number of anilines is 1. The van der Waals surface area contributed by atoms with E-state index in [2.05, 4.69) is 20.0 Å². The summed E-state index contributed by atoms with van der Waals surface area (Å²) in [5.74, 6) is 0.427. The molecule has 0 saturated heterocycles. The second-order valence-corrected chi connectivity index (χ2v) is 6.52. The van der Waals surface area contributed by atoms with Crippen LogP contribution in [0.2, 0.25) is 5.02 Å².